The average Bonchev–Trinajstić information content (AvgIpc) is 3.37. The van der Waals surface area contributed by atoms with Crippen LogP contribution in [0.4, 0.5) is 0 Å². The van der Waals surface area contributed by atoms with E-state index < -0.39 is 10.8 Å². The molecule has 0 amide bonds. The van der Waals surface area contributed by atoms with Gasteiger partial charge < -0.3 is 9.47 Å². The van der Waals surface area contributed by atoms with Gasteiger partial charge in [-0.05, 0) is 81.7 Å². The van der Waals surface area contributed by atoms with Crippen LogP contribution in [0.1, 0.15) is 81.3 Å². The zero-order valence-electron chi connectivity index (χ0n) is 24.1. The highest BCUT2D eigenvalue weighted by atomic mass is 32.3. The van der Waals surface area contributed by atoms with Gasteiger partial charge in [0.2, 0.25) is 0 Å². The lowest BCUT2D eigenvalue weighted by molar-refractivity contribution is -0.143. The Morgan fingerprint density at radius 2 is 1.98 bits per heavy atom. The Balaban J connectivity index is 1.61. The van der Waals surface area contributed by atoms with E-state index in [0.717, 1.165) is 28.8 Å². The summed E-state index contributed by atoms with van der Waals surface area (Å²) in [6, 6.07) is 13.6. The van der Waals surface area contributed by atoms with Crippen LogP contribution in [0.2, 0.25) is 0 Å². The molecule has 10 heteroatoms. The number of carbonyl (C=O) groups is 1. The zero-order valence-corrected chi connectivity index (χ0v) is 24.9. The molecule has 218 valence electrons. The first-order chi connectivity index (χ1) is 19.1. The summed E-state index contributed by atoms with van der Waals surface area (Å²) >= 11 is 0. The molecule has 0 aliphatic carbocycles. The van der Waals surface area contributed by atoms with E-state index in [0.29, 0.717) is 43.2 Å². The molecule has 3 aromatic rings. The van der Waals surface area contributed by atoms with Crippen LogP contribution in [0.5, 0.6) is 5.75 Å². The largest absolute Gasteiger partial charge is 0.487 e. The van der Waals surface area contributed by atoms with Gasteiger partial charge in [-0.25, -0.2) is 4.68 Å². The second-order valence-corrected chi connectivity index (χ2v) is 12.6. The number of hydrogen-bond donors (Lipinski definition) is 2. The third-order valence-electron chi connectivity index (χ3n) is 7.41. The Kier molecular flexibility index (Phi) is 9.89. The van der Waals surface area contributed by atoms with Crippen LogP contribution >= 0.6 is 10.8 Å². The molecule has 2 heterocycles. The zero-order chi connectivity index (χ0) is 28.9. The van der Waals surface area contributed by atoms with E-state index in [1.165, 1.54) is 0 Å². The number of esters is 1. The van der Waals surface area contributed by atoms with Crippen molar-refractivity contribution in [3.8, 4) is 5.75 Å². The highest BCUT2D eigenvalue weighted by molar-refractivity contribution is 8.22. The van der Waals surface area contributed by atoms with Crippen LogP contribution in [0.25, 0.3) is 0 Å². The van der Waals surface area contributed by atoms with Gasteiger partial charge in [0, 0.05) is 18.8 Å². The number of fused-ring (bicyclic) bond motifs is 1. The van der Waals surface area contributed by atoms with Gasteiger partial charge in [0.1, 0.15) is 16.7 Å². The quantitative estimate of drug-likeness (QED) is 0.250. The van der Waals surface area contributed by atoms with E-state index in [9.17, 15) is 13.9 Å². The molecule has 9 nitrogen and oxygen atoms in total. The summed E-state index contributed by atoms with van der Waals surface area (Å²) in [4.78, 5) is 13.0. The Morgan fingerprint density at radius 1 is 1.20 bits per heavy atom. The van der Waals surface area contributed by atoms with Crippen molar-refractivity contribution in [2.24, 2.45) is 0 Å². The molecule has 0 bridgehead atoms. The number of nitrogens with zero attached hydrogens (tertiary/aromatic N) is 4. The Morgan fingerprint density at radius 3 is 2.67 bits per heavy atom. The van der Waals surface area contributed by atoms with Gasteiger partial charge in [-0.1, -0.05) is 42.5 Å². The molecule has 0 fully saturated rings. The molecule has 0 saturated carbocycles. The van der Waals surface area contributed by atoms with E-state index in [-0.39, 0.29) is 30.5 Å². The Labute approximate surface area is 239 Å². The summed E-state index contributed by atoms with van der Waals surface area (Å²) in [6.45, 7) is 11.0. The van der Waals surface area contributed by atoms with Gasteiger partial charge in [0.05, 0.1) is 25.3 Å². The lowest BCUT2D eigenvalue weighted by Gasteiger charge is -2.42. The minimum absolute atomic E-state index is 0.0838. The predicted octanol–water partition coefficient (Wildman–Crippen LogP) is 6.53. The summed E-state index contributed by atoms with van der Waals surface area (Å²) < 4.78 is 37.9. The first kappa shape index (κ1) is 30.0. The van der Waals surface area contributed by atoms with Crippen molar-refractivity contribution in [1.29, 1.82) is 0 Å². The molecule has 1 aromatic heterocycles. The van der Waals surface area contributed by atoms with Gasteiger partial charge in [0.15, 0.2) is 0 Å². The van der Waals surface area contributed by atoms with Crippen LogP contribution in [0, 0.1) is 6.92 Å². The number of aromatic nitrogens is 3. The second kappa shape index (κ2) is 13.2. The Bertz CT molecular complexity index is 1290. The molecule has 40 heavy (non-hydrogen) atoms. The molecule has 1 aliphatic heterocycles. The molecular weight excluding hydrogens is 528 g/mol. The van der Waals surface area contributed by atoms with Crippen molar-refractivity contribution in [3.63, 3.8) is 0 Å². The molecule has 2 unspecified atom stereocenters. The molecular formula is C30H42N4O5S. The van der Waals surface area contributed by atoms with Gasteiger partial charge in [0.25, 0.3) is 0 Å². The summed E-state index contributed by atoms with van der Waals surface area (Å²) in [6.07, 6.45) is 4.17. The average molecular weight is 571 g/mol. The second-order valence-electron chi connectivity index (χ2n) is 10.7. The summed E-state index contributed by atoms with van der Waals surface area (Å²) in [5, 5.41) is 8.52. The van der Waals surface area contributed by atoms with E-state index in [1.54, 1.807) is 22.5 Å². The molecule has 2 aromatic carbocycles. The van der Waals surface area contributed by atoms with Crippen molar-refractivity contribution in [3.05, 3.63) is 71.0 Å². The summed E-state index contributed by atoms with van der Waals surface area (Å²) in [5.41, 5.74) is 3.92. The van der Waals surface area contributed by atoms with Crippen molar-refractivity contribution in [2.75, 3.05) is 13.2 Å². The van der Waals surface area contributed by atoms with Crippen LogP contribution < -0.4 is 4.74 Å². The van der Waals surface area contributed by atoms with E-state index in [4.69, 9.17) is 9.47 Å². The SMILES string of the molecule is CCOC(=O)CC(CCc1cn(C(C)C)nn1)c1ccc(C)c(CN2CC(CC)Oc3ccccc3S2(O)O)c1. The highest BCUT2D eigenvalue weighted by Gasteiger charge is 2.35. The van der Waals surface area contributed by atoms with Gasteiger partial charge in [-0.3, -0.25) is 13.9 Å². The Hall–Kier alpha value is -2.92. The van der Waals surface area contributed by atoms with Crippen molar-refractivity contribution in [1.82, 2.24) is 19.3 Å². The fourth-order valence-electron chi connectivity index (χ4n) is 4.94. The number of carbonyl (C=O) groups excluding carboxylic acids is 1. The predicted molar refractivity (Wildman–Crippen MR) is 157 cm³/mol. The van der Waals surface area contributed by atoms with Crippen molar-refractivity contribution in [2.45, 2.75) is 89.8 Å². The number of hydrogen-bond acceptors (Lipinski definition) is 8. The molecule has 0 radical (unpaired) electrons. The standard InChI is InChI=1S/C30H42N4O5S/c1-6-27-20-33(40(36,37)29-11-9-8-10-28(29)39-27)18-25-16-23(13-12-22(25)5)24(17-30(35)38-7-2)14-15-26-19-34(21(3)4)32-31-26/h8-13,16,19,21,24,27,36-37H,6-7,14-15,17-18,20H2,1-5H3. The lowest BCUT2D eigenvalue weighted by atomic mass is 9.88. The normalized spacial score (nSPS) is 18.4. The van der Waals surface area contributed by atoms with Crippen LogP contribution in [0.3, 0.4) is 0 Å². The number of para-hydroxylation sites is 1. The van der Waals surface area contributed by atoms with Crippen molar-refractivity contribution >= 4 is 16.7 Å². The molecule has 1 aliphatic rings. The van der Waals surface area contributed by atoms with Crippen LogP contribution in [0.15, 0.2) is 53.6 Å². The number of aryl methyl sites for hydroxylation is 2. The third-order valence-corrected chi connectivity index (χ3v) is 9.33. The number of rotatable bonds is 11. The first-order valence-corrected chi connectivity index (χ1v) is 15.6. The number of benzene rings is 2. The smallest absolute Gasteiger partial charge is 0.306 e. The highest BCUT2D eigenvalue weighted by Crippen LogP contribution is 2.57. The summed E-state index contributed by atoms with van der Waals surface area (Å²) in [5.74, 6) is 0.201. The van der Waals surface area contributed by atoms with Crippen LogP contribution in [-0.2, 0) is 22.5 Å². The molecule has 2 N–H and O–H groups in total. The number of ether oxygens (including phenoxy) is 2. The van der Waals surface area contributed by atoms with Crippen LogP contribution in [-0.4, -0.2) is 53.6 Å². The van der Waals surface area contributed by atoms with E-state index in [2.05, 4.69) is 36.3 Å². The topological polar surface area (TPSA) is 110 Å². The maximum Gasteiger partial charge on any atom is 0.306 e. The monoisotopic (exact) mass is 570 g/mol. The third kappa shape index (κ3) is 7.04. The molecule has 2 atom stereocenters. The van der Waals surface area contributed by atoms with Crippen molar-refractivity contribution < 1.29 is 23.4 Å². The van der Waals surface area contributed by atoms with Gasteiger partial charge in [-0.2, -0.15) is 4.31 Å². The molecule has 4 rings (SSSR count). The molecule has 0 saturated heterocycles. The first-order valence-electron chi connectivity index (χ1n) is 14.1. The maximum absolute atomic E-state index is 12.6. The fraction of sp³-hybridized carbons (Fsp3) is 0.500. The van der Waals surface area contributed by atoms with E-state index >= 15 is 0 Å². The fourth-order valence-corrected chi connectivity index (χ4v) is 6.56. The minimum Gasteiger partial charge on any atom is -0.487 e. The van der Waals surface area contributed by atoms with Gasteiger partial charge in [-0.15, -0.1) is 15.9 Å². The summed E-state index contributed by atoms with van der Waals surface area (Å²) in [7, 11) is -3.27. The lowest BCUT2D eigenvalue weighted by Crippen LogP contribution is -2.34. The maximum atomic E-state index is 12.6. The van der Waals surface area contributed by atoms with E-state index in [1.807, 2.05) is 43.8 Å². The minimum atomic E-state index is -3.27. The molecule has 0 spiro atoms. The van der Waals surface area contributed by atoms with Gasteiger partial charge >= 0.3 is 5.97 Å².